The molecule has 148 valence electrons. The van der Waals surface area contributed by atoms with Gasteiger partial charge in [-0.15, -0.1) is 22.7 Å². The van der Waals surface area contributed by atoms with Gasteiger partial charge in [0.05, 0.1) is 30.9 Å². The zero-order valence-electron chi connectivity index (χ0n) is 15.7. The summed E-state index contributed by atoms with van der Waals surface area (Å²) in [7, 11) is -3.24. The van der Waals surface area contributed by atoms with Crippen LogP contribution in [0.5, 0.6) is 0 Å². The standard InChI is InChI=1S/C21H18N2O3S3/c1-13(14-7-9-15(10-8-14)29(2,25)26)22-20(24)18-11-12-19(27-18)21-23-16-5-3-4-6-17(16)28-21/h3-13H,1-2H3,(H,22,24). The summed E-state index contributed by atoms with van der Waals surface area (Å²) in [5.74, 6) is -0.165. The van der Waals surface area contributed by atoms with Crippen molar-refractivity contribution in [2.24, 2.45) is 0 Å². The second-order valence-corrected chi connectivity index (χ2v) is 10.8. The number of carbonyl (C=O) groups excluding carboxylic acids is 1. The van der Waals surface area contributed by atoms with Gasteiger partial charge in [0.2, 0.25) is 0 Å². The van der Waals surface area contributed by atoms with E-state index in [1.54, 1.807) is 41.7 Å². The van der Waals surface area contributed by atoms with Crippen LogP contribution in [-0.4, -0.2) is 25.6 Å². The van der Waals surface area contributed by atoms with Crippen LogP contribution in [0.25, 0.3) is 20.1 Å². The Morgan fingerprint density at radius 3 is 2.41 bits per heavy atom. The quantitative estimate of drug-likeness (QED) is 0.476. The third-order valence-electron chi connectivity index (χ3n) is 4.49. The summed E-state index contributed by atoms with van der Waals surface area (Å²) >= 11 is 3.02. The molecule has 2 aromatic heterocycles. The van der Waals surface area contributed by atoms with Gasteiger partial charge in [-0.25, -0.2) is 13.4 Å². The fraction of sp³-hybridized carbons (Fsp3) is 0.143. The van der Waals surface area contributed by atoms with E-state index in [0.29, 0.717) is 4.88 Å². The Labute approximate surface area is 177 Å². The Kier molecular flexibility index (Phi) is 5.24. The van der Waals surface area contributed by atoms with Crippen LogP contribution in [-0.2, 0) is 9.84 Å². The summed E-state index contributed by atoms with van der Waals surface area (Å²) in [5.41, 5.74) is 1.80. The molecule has 2 aromatic carbocycles. The number of aromatic nitrogens is 1. The van der Waals surface area contributed by atoms with Gasteiger partial charge in [-0.2, -0.15) is 0 Å². The first-order valence-electron chi connectivity index (χ1n) is 8.88. The molecule has 1 unspecified atom stereocenters. The third kappa shape index (κ3) is 4.24. The highest BCUT2D eigenvalue weighted by Gasteiger charge is 2.16. The average molecular weight is 443 g/mol. The summed E-state index contributed by atoms with van der Waals surface area (Å²) in [6.45, 7) is 1.87. The fourth-order valence-corrected chi connectivity index (χ4v) is 5.47. The van der Waals surface area contributed by atoms with E-state index >= 15 is 0 Å². The predicted molar refractivity (Wildman–Crippen MR) is 118 cm³/mol. The van der Waals surface area contributed by atoms with Gasteiger partial charge in [0.15, 0.2) is 9.84 Å². The van der Waals surface area contributed by atoms with Gasteiger partial charge in [0.25, 0.3) is 5.91 Å². The molecule has 0 saturated heterocycles. The Balaban J connectivity index is 1.49. The molecule has 29 heavy (non-hydrogen) atoms. The zero-order chi connectivity index (χ0) is 20.6. The molecular formula is C21H18N2O3S3. The van der Waals surface area contributed by atoms with Crippen molar-refractivity contribution in [2.75, 3.05) is 6.26 Å². The number of rotatable bonds is 5. The SMILES string of the molecule is CC(NC(=O)c1ccc(-c2nc3ccccc3s2)s1)c1ccc(S(C)(=O)=O)cc1. The zero-order valence-corrected chi connectivity index (χ0v) is 18.2. The molecule has 0 aliphatic carbocycles. The van der Waals surface area contributed by atoms with Crippen LogP contribution in [0.4, 0.5) is 0 Å². The number of thiazole rings is 1. The Morgan fingerprint density at radius 2 is 1.72 bits per heavy atom. The number of hydrogen-bond donors (Lipinski definition) is 1. The number of fused-ring (bicyclic) bond motifs is 1. The second-order valence-electron chi connectivity index (χ2n) is 6.69. The fourth-order valence-electron chi connectivity index (χ4n) is 2.91. The maximum Gasteiger partial charge on any atom is 0.261 e. The lowest BCUT2D eigenvalue weighted by Crippen LogP contribution is -2.25. The topological polar surface area (TPSA) is 76.1 Å². The number of nitrogens with one attached hydrogen (secondary N) is 1. The Bertz CT molecular complexity index is 1260. The monoisotopic (exact) mass is 442 g/mol. The highest BCUT2D eigenvalue weighted by atomic mass is 32.2. The molecule has 0 aliphatic heterocycles. The molecule has 0 spiro atoms. The lowest BCUT2D eigenvalue weighted by atomic mass is 10.1. The van der Waals surface area contributed by atoms with E-state index in [1.165, 1.54) is 17.6 Å². The van der Waals surface area contributed by atoms with Crippen LogP contribution in [0.1, 0.15) is 28.2 Å². The smallest absolute Gasteiger partial charge is 0.261 e. The summed E-state index contributed by atoms with van der Waals surface area (Å²) in [4.78, 5) is 19.1. The number of sulfone groups is 1. The molecule has 1 amide bonds. The minimum Gasteiger partial charge on any atom is -0.345 e. The van der Waals surface area contributed by atoms with Crippen molar-refractivity contribution in [1.82, 2.24) is 10.3 Å². The predicted octanol–water partition coefficient (Wildman–Crippen LogP) is 4.92. The Hall–Kier alpha value is -2.55. The molecule has 1 N–H and O–H groups in total. The van der Waals surface area contributed by atoms with Crippen LogP contribution >= 0.6 is 22.7 Å². The van der Waals surface area contributed by atoms with E-state index in [1.807, 2.05) is 37.3 Å². The van der Waals surface area contributed by atoms with Crippen molar-refractivity contribution < 1.29 is 13.2 Å². The molecule has 4 rings (SSSR count). The van der Waals surface area contributed by atoms with Crippen molar-refractivity contribution >= 4 is 48.6 Å². The number of amides is 1. The van der Waals surface area contributed by atoms with Gasteiger partial charge in [0.1, 0.15) is 5.01 Å². The van der Waals surface area contributed by atoms with E-state index in [9.17, 15) is 13.2 Å². The first-order valence-corrected chi connectivity index (χ1v) is 12.4. The first kappa shape index (κ1) is 19.8. The molecule has 1 atom stereocenters. The van der Waals surface area contributed by atoms with Gasteiger partial charge in [-0.1, -0.05) is 24.3 Å². The van der Waals surface area contributed by atoms with Crippen LogP contribution in [0.3, 0.4) is 0 Å². The summed E-state index contributed by atoms with van der Waals surface area (Å²) in [5, 5.41) is 3.87. The van der Waals surface area contributed by atoms with Crippen molar-refractivity contribution in [3.63, 3.8) is 0 Å². The third-order valence-corrected chi connectivity index (χ3v) is 7.91. The van der Waals surface area contributed by atoms with Crippen LogP contribution in [0.2, 0.25) is 0 Å². The van der Waals surface area contributed by atoms with Gasteiger partial charge >= 0.3 is 0 Å². The average Bonchev–Trinajstić information content (AvgIpc) is 3.34. The second kappa shape index (κ2) is 7.70. The van der Waals surface area contributed by atoms with E-state index < -0.39 is 9.84 Å². The summed E-state index contributed by atoms with van der Waals surface area (Å²) in [6, 6.07) is 18.0. The Morgan fingerprint density at radius 1 is 1.00 bits per heavy atom. The number of hydrogen-bond acceptors (Lipinski definition) is 6. The number of benzene rings is 2. The molecule has 2 heterocycles. The van der Waals surface area contributed by atoms with Crippen molar-refractivity contribution in [3.05, 3.63) is 71.1 Å². The largest absolute Gasteiger partial charge is 0.345 e. The lowest BCUT2D eigenvalue weighted by Gasteiger charge is -2.14. The van der Waals surface area contributed by atoms with E-state index in [2.05, 4.69) is 10.3 Å². The molecule has 0 bridgehead atoms. The maximum atomic E-state index is 12.7. The number of para-hydroxylation sites is 1. The van der Waals surface area contributed by atoms with Crippen LogP contribution in [0, 0.1) is 0 Å². The first-order chi connectivity index (χ1) is 13.8. The van der Waals surface area contributed by atoms with Gasteiger partial charge < -0.3 is 5.32 Å². The molecule has 4 aromatic rings. The summed E-state index contributed by atoms with van der Waals surface area (Å²) < 4.78 is 24.3. The minimum absolute atomic E-state index is 0.165. The highest BCUT2D eigenvalue weighted by molar-refractivity contribution is 7.90. The molecule has 0 fully saturated rings. The molecule has 0 saturated carbocycles. The van der Waals surface area contributed by atoms with Crippen molar-refractivity contribution in [2.45, 2.75) is 17.9 Å². The van der Waals surface area contributed by atoms with Gasteiger partial charge in [-0.05, 0) is 48.9 Å². The molecule has 0 radical (unpaired) electrons. The van der Waals surface area contributed by atoms with E-state index in [-0.39, 0.29) is 16.8 Å². The van der Waals surface area contributed by atoms with Crippen molar-refractivity contribution in [1.29, 1.82) is 0 Å². The summed E-state index contributed by atoms with van der Waals surface area (Å²) in [6.07, 6.45) is 1.17. The van der Waals surface area contributed by atoms with Gasteiger partial charge in [-0.3, -0.25) is 4.79 Å². The van der Waals surface area contributed by atoms with Crippen molar-refractivity contribution in [3.8, 4) is 9.88 Å². The van der Waals surface area contributed by atoms with E-state index in [4.69, 9.17) is 0 Å². The van der Waals surface area contributed by atoms with Gasteiger partial charge in [0, 0.05) is 6.26 Å². The minimum atomic E-state index is -3.24. The van der Waals surface area contributed by atoms with Crippen LogP contribution < -0.4 is 5.32 Å². The number of thiophene rings is 1. The number of nitrogens with zero attached hydrogens (tertiary/aromatic N) is 1. The van der Waals surface area contributed by atoms with Crippen LogP contribution in [0.15, 0.2) is 65.6 Å². The molecular weight excluding hydrogens is 424 g/mol. The number of carbonyl (C=O) groups is 1. The molecule has 0 aliphatic rings. The van der Waals surface area contributed by atoms with E-state index in [0.717, 1.165) is 25.7 Å². The lowest BCUT2D eigenvalue weighted by molar-refractivity contribution is 0.0944. The molecule has 8 heteroatoms. The molecule has 5 nitrogen and oxygen atoms in total. The normalized spacial score (nSPS) is 12.8. The maximum absolute atomic E-state index is 12.7. The highest BCUT2D eigenvalue weighted by Crippen LogP contribution is 2.34.